The number of benzene rings is 1. The van der Waals surface area contributed by atoms with E-state index >= 15 is 0 Å². The number of methoxy groups -OCH3 is 1. The average molecular weight is 305 g/mol. The molecule has 1 aromatic carbocycles. The molecule has 0 radical (unpaired) electrons. The molecule has 2 unspecified atom stereocenters. The fraction of sp³-hybridized carbons (Fsp3) is 0.467. The highest BCUT2D eigenvalue weighted by Crippen LogP contribution is 2.18. The van der Waals surface area contributed by atoms with Crippen molar-refractivity contribution in [3.8, 4) is 0 Å². The smallest absolute Gasteiger partial charge is 0.323 e. The van der Waals surface area contributed by atoms with Gasteiger partial charge in [-0.1, -0.05) is 6.07 Å². The molecular formula is C15H19N3O4. The number of aromatic amines is 2. The van der Waals surface area contributed by atoms with Gasteiger partial charge in [0.25, 0.3) is 5.91 Å². The van der Waals surface area contributed by atoms with E-state index in [2.05, 4.69) is 15.3 Å². The average Bonchev–Trinajstić information content (AvgIpc) is 3.14. The topological polar surface area (TPSA) is 96.2 Å². The van der Waals surface area contributed by atoms with Gasteiger partial charge in [0.15, 0.2) is 0 Å². The first kappa shape index (κ1) is 14.8. The molecule has 3 N–H and O–H groups in total. The van der Waals surface area contributed by atoms with Crippen molar-refractivity contribution in [1.82, 2.24) is 15.3 Å². The Kier molecular flexibility index (Phi) is 4.26. The summed E-state index contributed by atoms with van der Waals surface area (Å²) in [7, 11) is 1.60. The van der Waals surface area contributed by atoms with Crippen LogP contribution in [0, 0.1) is 0 Å². The number of nitrogens with one attached hydrogen (secondary N) is 3. The first-order valence-corrected chi connectivity index (χ1v) is 7.31. The van der Waals surface area contributed by atoms with Gasteiger partial charge in [0.05, 0.1) is 35.3 Å². The fourth-order valence-electron chi connectivity index (χ4n) is 2.83. The summed E-state index contributed by atoms with van der Waals surface area (Å²) in [4.78, 5) is 29.3. The second kappa shape index (κ2) is 6.33. The molecule has 1 fully saturated rings. The maximum Gasteiger partial charge on any atom is 0.323 e. The molecule has 0 bridgehead atoms. The van der Waals surface area contributed by atoms with Crippen molar-refractivity contribution >= 4 is 16.9 Å². The molecule has 22 heavy (non-hydrogen) atoms. The van der Waals surface area contributed by atoms with Crippen LogP contribution in [-0.2, 0) is 9.47 Å². The van der Waals surface area contributed by atoms with Crippen molar-refractivity contribution < 1.29 is 14.3 Å². The van der Waals surface area contributed by atoms with E-state index in [1.165, 1.54) is 0 Å². The Morgan fingerprint density at radius 3 is 3.09 bits per heavy atom. The highest BCUT2D eigenvalue weighted by atomic mass is 16.5. The molecule has 0 aliphatic carbocycles. The summed E-state index contributed by atoms with van der Waals surface area (Å²) in [6, 6.07) is 4.96. The number of para-hydroxylation sites is 1. The van der Waals surface area contributed by atoms with Crippen molar-refractivity contribution in [2.75, 3.05) is 20.3 Å². The van der Waals surface area contributed by atoms with Gasteiger partial charge in [0.2, 0.25) is 0 Å². The number of carbonyl (C=O) groups is 1. The minimum absolute atomic E-state index is 0.0339. The van der Waals surface area contributed by atoms with E-state index in [4.69, 9.17) is 9.47 Å². The van der Waals surface area contributed by atoms with Gasteiger partial charge in [-0.05, 0) is 25.0 Å². The predicted octanol–water partition coefficient (Wildman–Crippen LogP) is 0.780. The number of hydrogen-bond donors (Lipinski definition) is 3. The van der Waals surface area contributed by atoms with Gasteiger partial charge < -0.3 is 24.8 Å². The Morgan fingerprint density at radius 1 is 1.50 bits per heavy atom. The van der Waals surface area contributed by atoms with E-state index in [1.807, 2.05) is 0 Å². The summed E-state index contributed by atoms with van der Waals surface area (Å²) in [6.45, 7) is 1.09. The zero-order valence-electron chi connectivity index (χ0n) is 12.3. The summed E-state index contributed by atoms with van der Waals surface area (Å²) < 4.78 is 10.8. The predicted molar refractivity (Wildman–Crippen MR) is 81.0 cm³/mol. The number of H-pyrrole nitrogens is 2. The standard InChI is InChI=1S/C15H19N3O4/c1-21-8-11(12-6-3-7-22-12)16-14(19)9-4-2-5-10-13(9)18-15(20)17-10/h2,4-5,11-12H,3,6-8H2,1H3,(H,16,19)(H2,17,18,20). The zero-order chi connectivity index (χ0) is 15.5. The van der Waals surface area contributed by atoms with E-state index in [-0.39, 0.29) is 23.7 Å². The normalized spacial score (nSPS) is 19.4. The van der Waals surface area contributed by atoms with Gasteiger partial charge in [0, 0.05) is 13.7 Å². The summed E-state index contributed by atoms with van der Waals surface area (Å²) >= 11 is 0. The van der Waals surface area contributed by atoms with Gasteiger partial charge in [0.1, 0.15) is 0 Å². The molecule has 0 spiro atoms. The van der Waals surface area contributed by atoms with Crippen molar-refractivity contribution in [3.63, 3.8) is 0 Å². The van der Waals surface area contributed by atoms with E-state index < -0.39 is 0 Å². The van der Waals surface area contributed by atoms with Gasteiger partial charge in [-0.25, -0.2) is 4.79 Å². The van der Waals surface area contributed by atoms with Crippen LogP contribution in [0.2, 0.25) is 0 Å². The molecule has 1 saturated heterocycles. The van der Waals surface area contributed by atoms with Crippen molar-refractivity contribution in [3.05, 3.63) is 34.2 Å². The molecule has 7 heteroatoms. The number of carbonyl (C=O) groups excluding carboxylic acids is 1. The minimum atomic E-state index is -0.331. The van der Waals surface area contributed by atoms with Crippen LogP contribution in [0.1, 0.15) is 23.2 Å². The maximum absolute atomic E-state index is 12.6. The molecule has 2 heterocycles. The Labute approximate surface area is 127 Å². The molecule has 3 rings (SSSR count). The number of fused-ring (bicyclic) bond motifs is 1. The van der Waals surface area contributed by atoms with Gasteiger partial charge in [-0.15, -0.1) is 0 Å². The molecule has 1 amide bonds. The Hall–Kier alpha value is -2.12. The monoisotopic (exact) mass is 305 g/mol. The lowest BCUT2D eigenvalue weighted by Crippen LogP contribution is -2.46. The summed E-state index contributed by atoms with van der Waals surface area (Å²) in [5.41, 5.74) is 1.21. The highest BCUT2D eigenvalue weighted by molar-refractivity contribution is 6.04. The Balaban J connectivity index is 1.83. The van der Waals surface area contributed by atoms with Crippen LogP contribution in [0.5, 0.6) is 0 Å². The molecular weight excluding hydrogens is 286 g/mol. The molecule has 1 aromatic heterocycles. The van der Waals surface area contributed by atoms with Crippen LogP contribution in [0.15, 0.2) is 23.0 Å². The second-order valence-electron chi connectivity index (χ2n) is 5.39. The van der Waals surface area contributed by atoms with Crippen LogP contribution in [0.4, 0.5) is 0 Å². The third-order valence-electron chi connectivity index (χ3n) is 3.87. The van der Waals surface area contributed by atoms with Crippen molar-refractivity contribution in [2.45, 2.75) is 25.0 Å². The van der Waals surface area contributed by atoms with E-state index in [0.717, 1.165) is 12.8 Å². The highest BCUT2D eigenvalue weighted by Gasteiger charge is 2.28. The van der Waals surface area contributed by atoms with Gasteiger partial charge in [-0.3, -0.25) is 4.79 Å². The quantitative estimate of drug-likeness (QED) is 0.760. The number of ether oxygens (including phenoxy) is 2. The Bertz CT molecular complexity index is 715. The molecule has 1 aliphatic heterocycles. The molecule has 0 saturated carbocycles. The number of imidazole rings is 1. The van der Waals surface area contributed by atoms with Crippen LogP contribution in [0.25, 0.3) is 11.0 Å². The van der Waals surface area contributed by atoms with Crippen LogP contribution in [0.3, 0.4) is 0 Å². The molecule has 118 valence electrons. The van der Waals surface area contributed by atoms with E-state index in [9.17, 15) is 9.59 Å². The van der Waals surface area contributed by atoms with Gasteiger partial charge in [-0.2, -0.15) is 0 Å². The minimum Gasteiger partial charge on any atom is -0.382 e. The lowest BCUT2D eigenvalue weighted by atomic mass is 10.1. The summed E-state index contributed by atoms with van der Waals surface area (Å²) in [5, 5.41) is 2.95. The number of aromatic nitrogens is 2. The molecule has 7 nitrogen and oxygen atoms in total. The first-order chi connectivity index (χ1) is 10.7. The number of hydrogen-bond acceptors (Lipinski definition) is 4. The lowest BCUT2D eigenvalue weighted by Gasteiger charge is -2.23. The van der Waals surface area contributed by atoms with E-state index in [0.29, 0.717) is 29.8 Å². The zero-order valence-corrected chi connectivity index (χ0v) is 12.3. The van der Waals surface area contributed by atoms with Crippen LogP contribution in [-0.4, -0.2) is 48.3 Å². The molecule has 2 aromatic rings. The van der Waals surface area contributed by atoms with E-state index in [1.54, 1.807) is 25.3 Å². The van der Waals surface area contributed by atoms with Gasteiger partial charge >= 0.3 is 5.69 Å². The fourth-order valence-corrected chi connectivity index (χ4v) is 2.83. The summed E-state index contributed by atoms with van der Waals surface area (Å²) in [6.07, 6.45) is 1.86. The summed E-state index contributed by atoms with van der Waals surface area (Å²) in [5.74, 6) is -0.251. The second-order valence-corrected chi connectivity index (χ2v) is 5.39. The van der Waals surface area contributed by atoms with Crippen LogP contribution < -0.4 is 11.0 Å². The number of amides is 1. The van der Waals surface area contributed by atoms with Crippen molar-refractivity contribution in [2.24, 2.45) is 0 Å². The third-order valence-corrected chi connectivity index (χ3v) is 3.87. The largest absolute Gasteiger partial charge is 0.382 e. The van der Waals surface area contributed by atoms with Crippen LogP contribution >= 0.6 is 0 Å². The maximum atomic E-state index is 12.6. The third kappa shape index (κ3) is 2.90. The Morgan fingerprint density at radius 2 is 2.36 bits per heavy atom. The lowest BCUT2D eigenvalue weighted by molar-refractivity contribution is 0.0404. The van der Waals surface area contributed by atoms with Crippen molar-refractivity contribution in [1.29, 1.82) is 0 Å². The molecule has 2 atom stereocenters. The molecule has 1 aliphatic rings. The first-order valence-electron chi connectivity index (χ1n) is 7.31. The number of rotatable bonds is 5. The SMILES string of the molecule is COCC(NC(=O)c1cccc2[nH]c(=O)[nH]c12)C1CCCO1.